The highest BCUT2D eigenvalue weighted by molar-refractivity contribution is 6.20. The molecule has 1 aliphatic carbocycles. The molecule has 0 aliphatic heterocycles. The van der Waals surface area contributed by atoms with Crippen LogP contribution in [0.5, 0.6) is 0 Å². The van der Waals surface area contributed by atoms with E-state index >= 15 is 0 Å². The number of aromatic nitrogens is 2. The molecular formula is C16H20ClFN2. The van der Waals surface area contributed by atoms with Gasteiger partial charge in [0.15, 0.2) is 0 Å². The average Bonchev–Trinajstić information content (AvgIpc) is 3.03. The van der Waals surface area contributed by atoms with Crippen molar-refractivity contribution >= 4 is 22.6 Å². The first-order valence-electron chi connectivity index (χ1n) is 7.45. The summed E-state index contributed by atoms with van der Waals surface area (Å²) in [6.07, 6.45) is 6.49. The van der Waals surface area contributed by atoms with Crippen molar-refractivity contribution in [1.82, 2.24) is 9.55 Å². The summed E-state index contributed by atoms with van der Waals surface area (Å²) in [7, 11) is 0. The van der Waals surface area contributed by atoms with Crippen LogP contribution in [0.25, 0.3) is 11.0 Å². The molecule has 1 saturated carbocycles. The van der Waals surface area contributed by atoms with Crippen LogP contribution in [0.4, 0.5) is 4.39 Å². The van der Waals surface area contributed by atoms with Crippen molar-refractivity contribution in [2.24, 2.45) is 5.92 Å². The molecule has 1 atom stereocenters. The predicted octanol–water partition coefficient (Wildman–Crippen LogP) is 5.06. The third-order valence-corrected chi connectivity index (χ3v) is 4.53. The maximum Gasteiger partial charge on any atom is 0.127 e. The Morgan fingerprint density at radius 3 is 2.85 bits per heavy atom. The van der Waals surface area contributed by atoms with Crippen molar-refractivity contribution in [1.29, 1.82) is 0 Å². The lowest BCUT2D eigenvalue weighted by Gasteiger charge is -2.13. The highest BCUT2D eigenvalue weighted by Gasteiger charge is 2.19. The number of nitrogens with zero attached hydrogens (tertiary/aromatic N) is 2. The van der Waals surface area contributed by atoms with Gasteiger partial charge in [-0.2, -0.15) is 0 Å². The quantitative estimate of drug-likeness (QED) is 0.721. The van der Waals surface area contributed by atoms with E-state index in [1.54, 1.807) is 12.1 Å². The van der Waals surface area contributed by atoms with Gasteiger partial charge in [-0.15, -0.1) is 11.6 Å². The first kappa shape index (κ1) is 13.9. The minimum absolute atomic E-state index is 0.158. The van der Waals surface area contributed by atoms with E-state index < -0.39 is 0 Å². The summed E-state index contributed by atoms with van der Waals surface area (Å²) in [5, 5.41) is -0.158. The topological polar surface area (TPSA) is 17.8 Å². The maximum atomic E-state index is 13.5. The van der Waals surface area contributed by atoms with Crippen LogP contribution in [0.1, 0.15) is 50.2 Å². The predicted molar refractivity (Wildman–Crippen MR) is 80.5 cm³/mol. The fourth-order valence-corrected chi connectivity index (χ4v) is 3.43. The van der Waals surface area contributed by atoms with Crippen LogP contribution in [0.2, 0.25) is 0 Å². The third-order valence-electron chi connectivity index (χ3n) is 4.33. The SMILES string of the molecule is CC(Cl)c1nc2ccc(F)cc2n1CCC1CCCC1. The molecule has 0 saturated heterocycles. The van der Waals surface area contributed by atoms with Gasteiger partial charge < -0.3 is 4.57 Å². The van der Waals surface area contributed by atoms with Gasteiger partial charge in [-0.1, -0.05) is 25.7 Å². The zero-order valence-electron chi connectivity index (χ0n) is 11.8. The molecule has 2 nitrogen and oxygen atoms in total. The molecular weight excluding hydrogens is 275 g/mol. The Kier molecular flexibility index (Phi) is 3.97. The van der Waals surface area contributed by atoms with Gasteiger partial charge in [0.25, 0.3) is 0 Å². The van der Waals surface area contributed by atoms with Gasteiger partial charge in [-0.25, -0.2) is 9.37 Å². The third kappa shape index (κ3) is 2.69. The molecule has 0 radical (unpaired) electrons. The normalized spacial score (nSPS) is 17.9. The van der Waals surface area contributed by atoms with E-state index in [2.05, 4.69) is 9.55 Å². The molecule has 1 unspecified atom stereocenters. The molecule has 2 aromatic rings. The lowest BCUT2D eigenvalue weighted by molar-refractivity contribution is 0.456. The van der Waals surface area contributed by atoms with Gasteiger partial charge in [0.1, 0.15) is 11.6 Å². The highest BCUT2D eigenvalue weighted by Crippen LogP contribution is 2.30. The zero-order chi connectivity index (χ0) is 14.1. The van der Waals surface area contributed by atoms with Gasteiger partial charge in [0.05, 0.1) is 16.4 Å². The van der Waals surface area contributed by atoms with E-state index in [0.29, 0.717) is 0 Å². The Labute approximate surface area is 123 Å². The Bertz CT molecular complexity index is 600. The van der Waals surface area contributed by atoms with Gasteiger partial charge in [0, 0.05) is 6.54 Å². The zero-order valence-corrected chi connectivity index (χ0v) is 12.5. The highest BCUT2D eigenvalue weighted by atomic mass is 35.5. The lowest BCUT2D eigenvalue weighted by atomic mass is 10.0. The van der Waals surface area contributed by atoms with E-state index in [0.717, 1.165) is 35.7 Å². The molecule has 3 rings (SSSR count). The van der Waals surface area contributed by atoms with Gasteiger partial charge in [-0.3, -0.25) is 0 Å². The van der Waals surface area contributed by atoms with Crippen LogP contribution in [-0.2, 0) is 6.54 Å². The van der Waals surface area contributed by atoms with Crippen molar-refractivity contribution in [2.45, 2.75) is 50.9 Å². The second-order valence-electron chi connectivity index (χ2n) is 5.81. The number of rotatable bonds is 4. The number of benzene rings is 1. The lowest BCUT2D eigenvalue weighted by Crippen LogP contribution is -2.08. The molecule has 0 bridgehead atoms. The number of hydrogen-bond donors (Lipinski definition) is 0. The van der Waals surface area contributed by atoms with E-state index in [9.17, 15) is 4.39 Å². The first-order chi connectivity index (χ1) is 9.65. The minimum Gasteiger partial charge on any atom is -0.327 e. The molecule has 20 heavy (non-hydrogen) atoms. The van der Waals surface area contributed by atoms with Crippen LogP contribution >= 0.6 is 11.6 Å². The number of hydrogen-bond acceptors (Lipinski definition) is 1. The number of aryl methyl sites for hydroxylation is 1. The van der Waals surface area contributed by atoms with E-state index in [4.69, 9.17) is 11.6 Å². The molecule has 1 heterocycles. The summed E-state index contributed by atoms with van der Waals surface area (Å²) in [5.74, 6) is 1.44. The van der Waals surface area contributed by atoms with Gasteiger partial charge >= 0.3 is 0 Å². The van der Waals surface area contributed by atoms with Crippen molar-refractivity contribution in [3.8, 4) is 0 Å². The summed E-state index contributed by atoms with van der Waals surface area (Å²) in [6.45, 7) is 2.81. The summed E-state index contributed by atoms with van der Waals surface area (Å²) in [6, 6.07) is 4.76. The number of fused-ring (bicyclic) bond motifs is 1. The van der Waals surface area contributed by atoms with Crippen molar-refractivity contribution in [3.63, 3.8) is 0 Å². The van der Waals surface area contributed by atoms with E-state index in [-0.39, 0.29) is 11.2 Å². The minimum atomic E-state index is -0.215. The summed E-state index contributed by atoms with van der Waals surface area (Å²) in [4.78, 5) is 4.56. The molecule has 1 fully saturated rings. The van der Waals surface area contributed by atoms with E-state index in [1.807, 2.05) is 6.92 Å². The number of alkyl halides is 1. The van der Waals surface area contributed by atoms with Crippen LogP contribution in [0.3, 0.4) is 0 Å². The Hall–Kier alpha value is -1.09. The Morgan fingerprint density at radius 2 is 2.15 bits per heavy atom. The molecule has 1 aromatic carbocycles. The molecule has 0 N–H and O–H groups in total. The fraction of sp³-hybridized carbons (Fsp3) is 0.562. The van der Waals surface area contributed by atoms with Crippen LogP contribution in [0, 0.1) is 11.7 Å². The smallest absolute Gasteiger partial charge is 0.127 e. The van der Waals surface area contributed by atoms with E-state index in [1.165, 1.54) is 31.7 Å². The van der Waals surface area contributed by atoms with Gasteiger partial charge in [0.2, 0.25) is 0 Å². The molecule has 1 aromatic heterocycles. The monoisotopic (exact) mass is 294 g/mol. The fourth-order valence-electron chi connectivity index (χ4n) is 3.26. The largest absolute Gasteiger partial charge is 0.327 e. The molecule has 108 valence electrons. The van der Waals surface area contributed by atoms with Crippen LogP contribution in [0.15, 0.2) is 18.2 Å². The van der Waals surface area contributed by atoms with Crippen molar-refractivity contribution in [2.75, 3.05) is 0 Å². The van der Waals surface area contributed by atoms with Crippen LogP contribution in [-0.4, -0.2) is 9.55 Å². The number of halogens is 2. The number of imidazole rings is 1. The maximum absolute atomic E-state index is 13.5. The summed E-state index contributed by atoms with van der Waals surface area (Å²) < 4.78 is 15.6. The second kappa shape index (κ2) is 5.72. The standard InChI is InChI=1S/C16H20ClFN2/c1-11(17)16-19-14-7-6-13(18)10-15(14)20(16)9-8-12-4-2-3-5-12/h6-7,10-12H,2-5,8-9H2,1H3. The molecule has 4 heteroatoms. The first-order valence-corrected chi connectivity index (χ1v) is 7.88. The molecule has 0 spiro atoms. The summed E-state index contributed by atoms with van der Waals surface area (Å²) >= 11 is 6.24. The molecule has 1 aliphatic rings. The second-order valence-corrected chi connectivity index (χ2v) is 6.46. The van der Waals surface area contributed by atoms with Crippen molar-refractivity contribution in [3.05, 3.63) is 29.8 Å². The average molecular weight is 295 g/mol. The summed E-state index contributed by atoms with van der Waals surface area (Å²) in [5.41, 5.74) is 1.70. The van der Waals surface area contributed by atoms with Gasteiger partial charge in [-0.05, 0) is 37.5 Å². The Balaban J connectivity index is 1.92. The molecule has 0 amide bonds. The van der Waals surface area contributed by atoms with Crippen molar-refractivity contribution < 1.29 is 4.39 Å². The van der Waals surface area contributed by atoms with Crippen LogP contribution < -0.4 is 0 Å². The Morgan fingerprint density at radius 1 is 1.40 bits per heavy atom.